The summed E-state index contributed by atoms with van der Waals surface area (Å²) in [6.07, 6.45) is -7.91. The first kappa shape index (κ1) is 56.3. The Balaban J connectivity index is 1.55. The molecule has 0 saturated carbocycles. The Kier molecular flexibility index (Phi) is 27.5. The Morgan fingerprint density at radius 1 is 0.766 bits per heavy atom. The number of nitrogens with one attached hydrogen (secondary N) is 4. The highest BCUT2D eigenvalue weighted by molar-refractivity contribution is 6.30. The maximum atomic E-state index is 12.5. The predicted molar refractivity (Wildman–Crippen MR) is 226 cm³/mol. The first-order valence-corrected chi connectivity index (χ1v) is 21.4. The number of carbonyl (C=O) groups excluding carboxylic acids is 4. The minimum absolute atomic E-state index is 0.0505. The number of aliphatic hydroxyl groups is 3. The largest absolute Gasteiger partial charge is 0.477 e. The van der Waals surface area contributed by atoms with E-state index < -0.39 is 78.7 Å². The summed E-state index contributed by atoms with van der Waals surface area (Å²) in [7, 11) is 0. The van der Waals surface area contributed by atoms with Gasteiger partial charge in [-0.2, -0.15) is 0 Å². The van der Waals surface area contributed by atoms with Gasteiger partial charge in [0.2, 0.25) is 17.7 Å². The number of carbonyl (C=O) groups is 5. The van der Waals surface area contributed by atoms with E-state index in [9.17, 15) is 44.4 Å². The van der Waals surface area contributed by atoms with Crippen molar-refractivity contribution in [3.63, 3.8) is 0 Å². The normalized spacial score (nSPS) is 19.6. The molecule has 1 heterocycles. The number of amides is 4. The highest BCUT2D eigenvalue weighted by Crippen LogP contribution is 2.33. The minimum Gasteiger partial charge on any atom is -0.477 e. The number of alkyl carbamates (subject to hydrolysis) is 1. The predicted octanol–water partition coefficient (Wildman–Crippen LogP) is -0.697. The molecule has 8 N–H and O–H groups in total. The topological polar surface area (TPSA) is 297 Å². The molecule has 22 nitrogen and oxygen atoms in total. The number of carboxylic acid groups (broad SMARTS) is 1. The van der Waals surface area contributed by atoms with Crippen LogP contribution in [0, 0.1) is 0 Å². The van der Waals surface area contributed by atoms with Crippen molar-refractivity contribution in [1.82, 2.24) is 21.3 Å². The molecule has 0 bridgehead atoms. The lowest BCUT2D eigenvalue weighted by Crippen LogP contribution is -2.68. The van der Waals surface area contributed by atoms with Gasteiger partial charge in [-0.15, -0.1) is 0 Å². The molecule has 0 spiro atoms. The van der Waals surface area contributed by atoms with Gasteiger partial charge in [-0.1, -0.05) is 23.7 Å². The van der Waals surface area contributed by atoms with Gasteiger partial charge in [0.15, 0.2) is 0 Å². The molecule has 366 valence electrons. The smallest absolute Gasteiger partial charge is 0.407 e. The SMILES string of the molecule is CC(=O)N[C@H]1[C@H]([C@H](O)[C@H](O)CNC(=O)Cc2ccc(Cl)cc2)O[C@@](OCCOCCOCCNC(=O)CCOCCOCCOCCOCCNC(=O)OC(C)(C)C)(C(=O)O)C[C@@H]1O. The molecule has 1 aromatic carbocycles. The average Bonchev–Trinajstić information content (AvgIpc) is 3.22. The molecule has 23 heteroatoms. The minimum atomic E-state index is -2.49. The number of hydrogen-bond donors (Lipinski definition) is 8. The molecule has 2 rings (SSSR count). The number of hydrogen-bond acceptors (Lipinski definition) is 17. The van der Waals surface area contributed by atoms with E-state index in [1.807, 2.05) is 0 Å². The Labute approximate surface area is 378 Å². The molecular formula is C41H67ClN4O18. The molecule has 1 fully saturated rings. The molecule has 1 aromatic rings. The zero-order chi connectivity index (χ0) is 47.4. The lowest BCUT2D eigenvalue weighted by atomic mass is 9.88. The van der Waals surface area contributed by atoms with Crippen molar-refractivity contribution < 1.29 is 87.0 Å². The molecule has 1 saturated heterocycles. The van der Waals surface area contributed by atoms with Gasteiger partial charge in [0.25, 0.3) is 5.79 Å². The van der Waals surface area contributed by atoms with Crippen LogP contribution in [0.2, 0.25) is 5.02 Å². The summed E-state index contributed by atoms with van der Waals surface area (Å²) < 4.78 is 48.9. The fourth-order valence-corrected chi connectivity index (χ4v) is 5.89. The summed E-state index contributed by atoms with van der Waals surface area (Å²) in [5, 5.41) is 53.5. The number of benzene rings is 1. The highest BCUT2D eigenvalue weighted by Gasteiger charge is 2.55. The Bertz CT molecular complexity index is 1520. The lowest BCUT2D eigenvalue weighted by Gasteiger charge is -2.46. The van der Waals surface area contributed by atoms with Crippen molar-refractivity contribution in [3.05, 3.63) is 34.9 Å². The fourth-order valence-electron chi connectivity index (χ4n) is 5.76. The van der Waals surface area contributed by atoms with Crippen LogP contribution in [-0.2, 0) is 68.2 Å². The van der Waals surface area contributed by atoms with Gasteiger partial charge in [0.05, 0.1) is 111 Å². The van der Waals surface area contributed by atoms with E-state index in [4.69, 9.17) is 54.2 Å². The van der Waals surface area contributed by atoms with E-state index in [2.05, 4.69) is 21.3 Å². The van der Waals surface area contributed by atoms with Gasteiger partial charge in [-0.3, -0.25) is 14.4 Å². The third-order valence-electron chi connectivity index (χ3n) is 8.79. The number of halogens is 1. The summed E-state index contributed by atoms with van der Waals surface area (Å²) in [5.74, 6) is -5.46. The molecule has 1 aliphatic heterocycles. The van der Waals surface area contributed by atoms with E-state index >= 15 is 0 Å². The van der Waals surface area contributed by atoms with Crippen LogP contribution < -0.4 is 21.3 Å². The number of ether oxygens (including phenoxy) is 9. The van der Waals surface area contributed by atoms with Gasteiger partial charge in [0.1, 0.15) is 17.8 Å². The van der Waals surface area contributed by atoms with Crippen molar-refractivity contribution in [2.24, 2.45) is 0 Å². The summed E-state index contributed by atoms with van der Waals surface area (Å²) >= 11 is 5.88. The molecule has 0 unspecified atom stereocenters. The highest BCUT2D eigenvalue weighted by atomic mass is 35.5. The average molecular weight is 939 g/mol. The maximum absolute atomic E-state index is 12.5. The summed E-state index contributed by atoms with van der Waals surface area (Å²) in [6.45, 7) is 9.29. The third kappa shape index (κ3) is 24.5. The Morgan fingerprint density at radius 3 is 1.81 bits per heavy atom. The summed E-state index contributed by atoms with van der Waals surface area (Å²) in [6, 6.07) is 5.19. The van der Waals surface area contributed by atoms with E-state index in [0.29, 0.717) is 63.4 Å². The van der Waals surface area contributed by atoms with Crippen molar-refractivity contribution in [2.45, 2.75) is 88.8 Å². The first-order valence-electron chi connectivity index (χ1n) is 21.0. The monoisotopic (exact) mass is 938 g/mol. The van der Waals surface area contributed by atoms with E-state index in [1.54, 1.807) is 45.0 Å². The van der Waals surface area contributed by atoms with Gasteiger partial charge < -0.3 is 84.3 Å². The number of aliphatic carboxylic acids is 1. The van der Waals surface area contributed by atoms with Crippen LogP contribution in [-0.4, -0.2) is 198 Å². The molecule has 6 atom stereocenters. The molecule has 0 aromatic heterocycles. The summed E-state index contributed by atoms with van der Waals surface area (Å²) in [4.78, 5) is 60.4. The number of carboxylic acids is 1. The zero-order valence-corrected chi connectivity index (χ0v) is 37.8. The van der Waals surface area contributed by atoms with Crippen LogP contribution in [0.1, 0.15) is 46.1 Å². The Hall–Kier alpha value is -3.78. The second kappa shape index (κ2) is 31.2. The lowest BCUT2D eigenvalue weighted by molar-refractivity contribution is -0.312. The molecule has 64 heavy (non-hydrogen) atoms. The van der Waals surface area contributed by atoms with E-state index in [1.165, 1.54) is 0 Å². The van der Waals surface area contributed by atoms with Crippen LogP contribution in [0.4, 0.5) is 4.79 Å². The third-order valence-corrected chi connectivity index (χ3v) is 9.05. The molecule has 0 aliphatic carbocycles. The molecule has 4 amide bonds. The van der Waals surface area contributed by atoms with Crippen molar-refractivity contribution in [3.8, 4) is 0 Å². The van der Waals surface area contributed by atoms with E-state index in [0.717, 1.165) is 6.92 Å². The van der Waals surface area contributed by atoms with Crippen LogP contribution >= 0.6 is 11.6 Å². The second-order valence-corrected chi connectivity index (χ2v) is 15.8. The zero-order valence-electron chi connectivity index (χ0n) is 37.0. The van der Waals surface area contributed by atoms with Gasteiger partial charge in [-0.25, -0.2) is 9.59 Å². The Morgan fingerprint density at radius 2 is 1.28 bits per heavy atom. The van der Waals surface area contributed by atoms with Crippen LogP contribution in [0.15, 0.2) is 24.3 Å². The molecule has 1 aliphatic rings. The quantitative estimate of drug-likeness (QED) is 0.0405. The number of rotatable bonds is 33. The van der Waals surface area contributed by atoms with Gasteiger partial charge in [0, 0.05) is 44.4 Å². The first-order chi connectivity index (χ1) is 30.4. The van der Waals surface area contributed by atoms with Crippen molar-refractivity contribution >= 4 is 41.4 Å². The fraction of sp³-hybridized carbons (Fsp3) is 0.732. The van der Waals surface area contributed by atoms with Crippen LogP contribution in [0.25, 0.3) is 0 Å². The van der Waals surface area contributed by atoms with Crippen molar-refractivity contribution in [1.29, 1.82) is 0 Å². The molecular weight excluding hydrogens is 872 g/mol. The van der Waals surface area contributed by atoms with E-state index in [-0.39, 0.29) is 64.9 Å². The molecule has 0 radical (unpaired) electrons. The maximum Gasteiger partial charge on any atom is 0.407 e. The van der Waals surface area contributed by atoms with Crippen molar-refractivity contribution in [2.75, 3.05) is 106 Å². The second-order valence-electron chi connectivity index (χ2n) is 15.4. The summed E-state index contributed by atoms with van der Waals surface area (Å²) in [5.41, 5.74) is 0.0888. The number of aliphatic hydroxyl groups excluding tert-OH is 3. The van der Waals surface area contributed by atoms with Crippen LogP contribution in [0.3, 0.4) is 0 Å². The van der Waals surface area contributed by atoms with Gasteiger partial charge in [-0.05, 0) is 38.5 Å². The standard InChI is InChI=1S/C41H67ClN4O18/c1-28(47)46-35-31(48)26-41(38(53)54,63-37(35)36(52)32(49)27-45-34(51)25-29-5-7-30(42)8-6-29)62-24-23-61-20-17-57-13-10-43-33(50)9-12-56-15-18-59-21-22-60-19-16-58-14-11-44-39(55)64-40(2,3)4/h5-8,31-32,35-37,48-49,52H,9-27H2,1-4H3,(H,43,50)(H,44,55)(H,45,51)(H,46,47)(H,53,54)/t31-,32+,35+,36+,37+,41+/m0/s1. The van der Waals surface area contributed by atoms with Crippen LogP contribution in [0.5, 0.6) is 0 Å². The van der Waals surface area contributed by atoms with Gasteiger partial charge >= 0.3 is 12.1 Å².